The quantitative estimate of drug-likeness (QED) is 0.449. The lowest BCUT2D eigenvalue weighted by Gasteiger charge is -2.13. The molecule has 1 N–H and O–H groups in total. The summed E-state index contributed by atoms with van der Waals surface area (Å²) >= 11 is 0. The zero-order chi connectivity index (χ0) is 19.5. The fourth-order valence-corrected chi connectivity index (χ4v) is 3.69. The number of pyridine rings is 1. The molecule has 0 bridgehead atoms. The topological polar surface area (TPSA) is 41.6 Å². The molecule has 2 heterocycles. The Morgan fingerprint density at radius 2 is 1.54 bits per heavy atom. The molecule has 0 radical (unpaired) electrons. The first-order valence-corrected chi connectivity index (χ1v) is 9.78. The summed E-state index contributed by atoms with van der Waals surface area (Å²) in [6.45, 7) is 6.57. The van der Waals surface area contributed by atoms with E-state index in [0.29, 0.717) is 5.92 Å². The van der Waals surface area contributed by atoms with Gasteiger partial charge in [0.1, 0.15) is 5.69 Å². The number of rotatable bonds is 5. The summed E-state index contributed by atoms with van der Waals surface area (Å²) < 4.78 is 0. The van der Waals surface area contributed by atoms with Crippen molar-refractivity contribution in [1.82, 2.24) is 15.2 Å². The van der Waals surface area contributed by atoms with E-state index in [2.05, 4.69) is 85.6 Å². The highest BCUT2D eigenvalue weighted by molar-refractivity contribution is 5.82. The fourth-order valence-electron chi connectivity index (χ4n) is 3.69. The van der Waals surface area contributed by atoms with Crippen molar-refractivity contribution < 1.29 is 0 Å². The molecule has 2 aromatic heterocycles. The van der Waals surface area contributed by atoms with Gasteiger partial charge in [0, 0.05) is 23.0 Å². The maximum Gasteiger partial charge on any atom is 0.119 e. The first-order chi connectivity index (χ1) is 13.6. The lowest BCUT2D eigenvalue weighted by molar-refractivity contribution is 0.648. The third-order valence-corrected chi connectivity index (χ3v) is 4.95. The van der Waals surface area contributed by atoms with Crippen molar-refractivity contribution in [3.63, 3.8) is 0 Å². The molecule has 0 aliphatic rings. The van der Waals surface area contributed by atoms with Gasteiger partial charge < -0.3 is 0 Å². The fraction of sp³-hybridized carbons (Fsp3) is 0.200. The number of hydrogen-bond acceptors (Lipinski definition) is 2. The van der Waals surface area contributed by atoms with E-state index >= 15 is 0 Å². The van der Waals surface area contributed by atoms with Gasteiger partial charge in [0.25, 0.3) is 0 Å². The summed E-state index contributed by atoms with van der Waals surface area (Å²) in [5.74, 6) is 0.562. The third-order valence-electron chi connectivity index (χ3n) is 4.95. The second-order valence-electron chi connectivity index (χ2n) is 7.63. The number of aromatic nitrogens is 3. The van der Waals surface area contributed by atoms with E-state index in [1.807, 2.05) is 18.3 Å². The van der Waals surface area contributed by atoms with Crippen LogP contribution in [-0.4, -0.2) is 15.2 Å². The van der Waals surface area contributed by atoms with Crippen molar-refractivity contribution >= 4 is 0 Å². The molecule has 0 spiro atoms. The minimum absolute atomic E-state index is 0.562. The summed E-state index contributed by atoms with van der Waals surface area (Å²) in [6.07, 6.45) is 3.00. The summed E-state index contributed by atoms with van der Waals surface area (Å²) in [7, 11) is 0. The van der Waals surface area contributed by atoms with E-state index in [9.17, 15) is 0 Å². The highest BCUT2D eigenvalue weighted by atomic mass is 15.1. The van der Waals surface area contributed by atoms with Crippen LogP contribution >= 0.6 is 0 Å². The van der Waals surface area contributed by atoms with E-state index in [4.69, 9.17) is 4.98 Å². The Labute approximate surface area is 166 Å². The molecule has 0 fully saturated rings. The van der Waals surface area contributed by atoms with Crippen LogP contribution in [0.2, 0.25) is 0 Å². The van der Waals surface area contributed by atoms with Crippen LogP contribution in [0, 0.1) is 12.8 Å². The van der Waals surface area contributed by atoms with E-state index in [1.54, 1.807) is 0 Å². The molecular formula is C25H25N3. The lowest BCUT2D eigenvalue weighted by atomic mass is 9.93. The molecule has 0 saturated heterocycles. The average molecular weight is 367 g/mol. The normalized spacial score (nSPS) is 11.1. The molecule has 0 unspecified atom stereocenters. The largest absolute Gasteiger partial charge is 0.282 e. The second-order valence-corrected chi connectivity index (χ2v) is 7.63. The van der Waals surface area contributed by atoms with Gasteiger partial charge in [-0.25, -0.2) is 0 Å². The zero-order valence-electron chi connectivity index (χ0n) is 16.6. The van der Waals surface area contributed by atoms with E-state index in [-0.39, 0.29) is 0 Å². The Morgan fingerprint density at radius 1 is 0.893 bits per heavy atom. The van der Waals surface area contributed by atoms with Crippen LogP contribution in [0.4, 0.5) is 0 Å². The number of benzene rings is 2. The van der Waals surface area contributed by atoms with Crippen LogP contribution in [-0.2, 0) is 6.42 Å². The molecular weight excluding hydrogens is 342 g/mol. The molecule has 0 amide bonds. The summed E-state index contributed by atoms with van der Waals surface area (Å²) in [4.78, 5) is 4.81. The highest BCUT2D eigenvalue weighted by Crippen LogP contribution is 2.34. The van der Waals surface area contributed by atoms with Gasteiger partial charge in [-0.1, -0.05) is 74.5 Å². The zero-order valence-corrected chi connectivity index (χ0v) is 16.6. The average Bonchev–Trinajstić information content (AvgIpc) is 3.10. The van der Waals surface area contributed by atoms with Gasteiger partial charge in [-0.15, -0.1) is 0 Å². The molecule has 0 aliphatic heterocycles. The van der Waals surface area contributed by atoms with Crippen LogP contribution in [0.5, 0.6) is 0 Å². The number of aromatic amines is 1. The number of nitrogens with one attached hydrogen (secondary N) is 1. The monoisotopic (exact) mass is 367 g/mol. The maximum atomic E-state index is 4.81. The maximum absolute atomic E-state index is 4.81. The molecule has 0 aliphatic carbocycles. The van der Waals surface area contributed by atoms with Crippen molar-refractivity contribution in [2.45, 2.75) is 27.2 Å². The Balaban J connectivity index is 1.84. The Bertz CT molecular complexity index is 1060. The summed E-state index contributed by atoms with van der Waals surface area (Å²) in [5, 5.41) is 7.75. The van der Waals surface area contributed by atoms with Crippen molar-refractivity contribution in [1.29, 1.82) is 0 Å². The number of aryl methyl sites for hydroxylation is 1. The Morgan fingerprint density at radius 3 is 2.18 bits per heavy atom. The summed E-state index contributed by atoms with van der Waals surface area (Å²) in [5.41, 5.74) is 8.88. The lowest BCUT2D eigenvalue weighted by Crippen LogP contribution is -2.00. The van der Waals surface area contributed by atoms with Crippen molar-refractivity contribution in [2.75, 3.05) is 0 Å². The number of nitrogens with zero attached hydrogens (tertiary/aromatic N) is 2. The molecule has 0 saturated carbocycles. The van der Waals surface area contributed by atoms with E-state index < -0.39 is 0 Å². The predicted molar refractivity (Wildman–Crippen MR) is 116 cm³/mol. The SMILES string of the molecule is Cc1[nH]nc(-c2cc(CC(C)C)c(-c3ccccc3)cn2)c1-c1ccccc1. The van der Waals surface area contributed by atoms with Crippen molar-refractivity contribution in [3.8, 4) is 33.6 Å². The van der Waals surface area contributed by atoms with E-state index in [1.165, 1.54) is 16.7 Å². The standard InChI is InChI=1S/C25H25N3/c1-17(2)14-21-15-23(26-16-22(21)19-10-6-4-7-11-19)25-24(18(3)27-28-25)20-12-8-5-9-13-20/h4-13,15-17H,14H2,1-3H3,(H,27,28). The van der Waals surface area contributed by atoms with Gasteiger partial charge in [-0.2, -0.15) is 5.10 Å². The van der Waals surface area contributed by atoms with Crippen LogP contribution in [0.3, 0.4) is 0 Å². The van der Waals surface area contributed by atoms with Gasteiger partial charge in [-0.3, -0.25) is 10.1 Å². The van der Waals surface area contributed by atoms with Gasteiger partial charge in [-0.05, 0) is 42.0 Å². The molecule has 28 heavy (non-hydrogen) atoms. The van der Waals surface area contributed by atoms with Crippen molar-refractivity contribution in [3.05, 3.63) is 84.2 Å². The van der Waals surface area contributed by atoms with Gasteiger partial charge in [0.05, 0.1) is 5.69 Å². The summed E-state index contributed by atoms with van der Waals surface area (Å²) in [6, 6.07) is 23.1. The van der Waals surface area contributed by atoms with Gasteiger partial charge >= 0.3 is 0 Å². The van der Waals surface area contributed by atoms with Gasteiger partial charge in [0.15, 0.2) is 0 Å². The number of H-pyrrole nitrogens is 1. The van der Waals surface area contributed by atoms with Crippen molar-refractivity contribution in [2.24, 2.45) is 5.92 Å². The first kappa shape index (κ1) is 18.2. The smallest absolute Gasteiger partial charge is 0.119 e. The van der Waals surface area contributed by atoms with E-state index in [0.717, 1.165) is 34.6 Å². The van der Waals surface area contributed by atoms with Crippen LogP contribution in [0.15, 0.2) is 72.9 Å². The molecule has 0 atom stereocenters. The third kappa shape index (κ3) is 3.61. The molecule has 3 heteroatoms. The van der Waals surface area contributed by atoms with Crippen LogP contribution in [0.25, 0.3) is 33.6 Å². The predicted octanol–water partition coefficient (Wildman–Crippen LogP) is 6.31. The number of hydrogen-bond donors (Lipinski definition) is 1. The highest BCUT2D eigenvalue weighted by Gasteiger charge is 2.17. The molecule has 4 aromatic rings. The molecule has 140 valence electrons. The minimum Gasteiger partial charge on any atom is -0.282 e. The molecule has 4 rings (SSSR count). The molecule has 2 aromatic carbocycles. The second kappa shape index (κ2) is 7.81. The van der Waals surface area contributed by atoms with Crippen LogP contribution < -0.4 is 0 Å². The Hall–Kier alpha value is -3.20. The molecule has 3 nitrogen and oxygen atoms in total. The first-order valence-electron chi connectivity index (χ1n) is 9.78. The van der Waals surface area contributed by atoms with Gasteiger partial charge in [0.2, 0.25) is 0 Å². The Kier molecular flexibility index (Phi) is 5.07. The van der Waals surface area contributed by atoms with Crippen LogP contribution in [0.1, 0.15) is 25.1 Å². The minimum atomic E-state index is 0.562.